The lowest BCUT2D eigenvalue weighted by atomic mass is 10.1. The van der Waals surface area contributed by atoms with Crippen molar-refractivity contribution >= 4 is 28.4 Å². The molecule has 0 atom stereocenters. The van der Waals surface area contributed by atoms with Gasteiger partial charge in [0.1, 0.15) is 5.82 Å². The van der Waals surface area contributed by atoms with Gasteiger partial charge >= 0.3 is 0 Å². The van der Waals surface area contributed by atoms with E-state index in [2.05, 4.69) is 61.6 Å². The Hall–Kier alpha value is -3.42. The quantitative estimate of drug-likeness (QED) is 0.380. The smallest absolute Gasteiger partial charge is 0.229 e. The second-order valence-corrected chi connectivity index (χ2v) is 8.55. The van der Waals surface area contributed by atoms with E-state index in [-0.39, 0.29) is 0 Å². The molecule has 4 N–H and O–H groups in total. The summed E-state index contributed by atoms with van der Waals surface area (Å²) in [4.78, 5) is 14.9. The number of aryl methyl sites for hydroxylation is 1. The fourth-order valence-corrected chi connectivity index (χ4v) is 4.33. The molecule has 7 heteroatoms. The highest BCUT2D eigenvalue weighted by molar-refractivity contribution is 5.80. The Bertz CT molecular complexity index is 1180. The first kappa shape index (κ1) is 21.4. The first-order valence-electron chi connectivity index (χ1n) is 11.6. The summed E-state index contributed by atoms with van der Waals surface area (Å²) >= 11 is 0. The molecular formula is C26H30N6O. The number of nitrogen functional groups attached to an aromatic ring is 1. The van der Waals surface area contributed by atoms with E-state index < -0.39 is 0 Å². The van der Waals surface area contributed by atoms with Crippen molar-refractivity contribution in [3.8, 4) is 0 Å². The summed E-state index contributed by atoms with van der Waals surface area (Å²) in [5.74, 6) is 1.07. The van der Waals surface area contributed by atoms with Gasteiger partial charge in [0.25, 0.3) is 0 Å². The number of hydrogen-bond donors (Lipinski definition) is 3. The molecule has 0 amide bonds. The number of anilines is 3. The highest BCUT2D eigenvalue weighted by Crippen LogP contribution is 2.21. The van der Waals surface area contributed by atoms with E-state index in [4.69, 9.17) is 10.5 Å². The van der Waals surface area contributed by atoms with Crippen molar-refractivity contribution in [3.05, 3.63) is 77.6 Å². The summed E-state index contributed by atoms with van der Waals surface area (Å²) < 4.78 is 5.40. The van der Waals surface area contributed by atoms with Crippen molar-refractivity contribution in [2.24, 2.45) is 0 Å². The second-order valence-electron chi connectivity index (χ2n) is 8.55. The maximum absolute atomic E-state index is 6.23. The van der Waals surface area contributed by atoms with Crippen molar-refractivity contribution in [3.63, 3.8) is 0 Å². The Labute approximate surface area is 194 Å². The number of aromatic nitrogens is 3. The Kier molecular flexibility index (Phi) is 6.51. The van der Waals surface area contributed by atoms with Crippen LogP contribution in [0, 0.1) is 0 Å². The molecule has 170 valence electrons. The van der Waals surface area contributed by atoms with E-state index >= 15 is 0 Å². The number of ether oxygens (including phenoxy) is 1. The third-order valence-corrected chi connectivity index (χ3v) is 6.09. The van der Waals surface area contributed by atoms with E-state index in [0.29, 0.717) is 11.8 Å². The van der Waals surface area contributed by atoms with Crippen LogP contribution in [0.5, 0.6) is 0 Å². The first-order valence-corrected chi connectivity index (χ1v) is 11.6. The molecule has 0 aliphatic carbocycles. The highest BCUT2D eigenvalue weighted by Gasteiger charge is 2.11. The monoisotopic (exact) mass is 442 g/mol. The Morgan fingerprint density at radius 2 is 1.94 bits per heavy atom. The second kappa shape index (κ2) is 10.0. The van der Waals surface area contributed by atoms with Crippen LogP contribution in [0.3, 0.4) is 0 Å². The maximum Gasteiger partial charge on any atom is 0.229 e. The maximum atomic E-state index is 6.23. The van der Waals surface area contributed by atoms with E-state index in [1.54, 1.807) is 0 Å². The SMILES string of the molecule is Nc1nc(Nc2cccc(Cc3cc4ccccc4[nH]3)c2)ncc1CCCN1CCOCC1. The van der Waals surface area contributed by atoms with Gasteiger partial charge in [-0.15, -0.1) is 0 Å². The molecule has 2 aromatic carbocycles. The van der Waals surface area contributed by atoms with Crippen LogP contribution < -0.4 is 11.1 Å². The van der Waals surface area contributed by atoms with Crippen molar-refractivity contribution in [1.82, 2.24) is 19.9 Å². The van der Waals surface area contributed by atoms with E-state index in [1.807, 2.05) is 24.4 Å². The number of benzene rings is 2. The number of aromatic amines is 1. The molecule has 0 bridgehead atoms. The molecule has 1 aliphatic heterocycles. The van der Waals surface area contributed by atoms with Crippen molar-refractivity contribution in [2.45, 2.75) is 19.3 Å². The number of nitrogens with zero attached hydrogens (tertiary/aromatic N) is 3. The molecule has 5 rings (SSSR count). The Morgan fingerprint density at radius 1 is 1.06 bits per heavy atom. The molecule has 0 unspecified atom stereocenters. The van der Waals surface area contributed by atoms with Crippen LogP contribution in [0.1, 0.15) is 23.2 Å². The summed E-state index contributed by atoms with van der Waals surface area (Å²) in [7, 11) is 0. The summed E-state index contributed by atoms with van der Waals surface area (Å²) in [5, 5.41) is 4.53. The number of fused-ring (bicyclic) bond motifs is 1. The number of morpholine rings is 1. The third-order valence-electron chi connectivity index (χ3n) is 6.09. The first-order chi connectivity index (χ1) is 16.2. The zero-order valence-corrected chi connectivity index (χ0v) is 18.8. The minimum absolute atomic E-state index is 0.521. The fourth-order valence-electron chi connectivity index (χ4n) is 4.33. The standard InChI is InChI=1S/C26H30N6O/c27-25-21(7-4-10-32-11-13-33-14-12-32)18-28-26(31-25)30-22-8-3-5-19(15-22)16-23-17-20-6-1-2-9-24(20)29-23/h1-3,5-6,8-9,15,17-18,29H,4,7,10-14,16H2,(H3,27,28,30,31). The van der Waals surface area contributed by atoms with Crippen LogP contribution in [0.2, 0.25) is 0 Å². The molecule has 7 nitrogen and oxygen atoms in total. The van der Waals surface area contributed by atoms with E-state index in [9.17, 15) is 0 Å². The number of hydrogen-bond acceptors (Lipinski definition) is 6. The summed E-state index contributed by atoms with van der Waals surface area (Å²) in [6, 6.07) is 18.9. The zero-order chi connectivity index (χ0) is 22.5. The van der Waals surface area contributed by atoms with Crippen LogP contribution in [0.25, 0.3) is 10.9 Å². The molecule has 4 aromatic rings. The number of rotatable bonds is 8. The average Bonchev–Trinajstić information content (AvgIpc) is 3.24. The minimum atomic E-state index is 0.521. The van der Waals surface area contributed by atoms with Gasteiger partial charge in [-0.05, 0) is 54.6 Å². The summed E-state index contributed by atoms with van der Waals surface area (Å²) in [6.07, 6.45) is 4.59. The predicted molar refractivity (Wildman–Crippen MR) is 133 cm³/mol. The lowest BCUT2D eigenvalue weighted by molar-refractivity contribution is 0.0374. The molecule has 33 heavy (non-hydrogen) atoms. The molecule has 0 spiro atoms. The van der Waals surface area contributed by atoms with Gasteiger partial charge in [-0.2, -0.15) is 4.98 Å². The van der Waals surface area contributed by atoms with E-state index in [0.717, 1.165) is 68.9 Å². The minimum Gasteiger partial charge on any atom is -0.383 e. The Morgan fingerprint density at radius 3 is 2.79 bits per heavy atom. The molecule has 3 heterocycles. The Balaban J connectivity index is 1.19. The lowest BCUT2D eigenvalue weighted by Gasteiger charge is -2.26. The molecule has 0 radical (unpaired) electrons. The van der Waals surface area contributed by atoms with E-state index in [1.165, 1.54) is 16.6 Å². The van der Waals surface area contributed by atoms with Gasteiger partial charge in [0.2, 0.25) is 5.95 Å². The molecule has 1 aliphatic rings. The molecule has 1 fully saturated rings. The molecule has 0 saturated carbocycles. The third kappa shape index (κ3) is 5.50. The van der Waals surface area contributed by atoms with Gasteiger partial charge in [-0.1, -0.05) is 30.3 Å². The highest BCUT2D eigenvalue weighted by atomic mass is 16.5. The van der Waals surface area contributed by atoms with Gasteiger partial charge in [-0.25, -0.2) is 4.98 Å². The summed E-state index contributed by atoms with van der Waals surface area (Å²) in [6.45, 7) is 4.72. The predicted octanol–water partition coefficient (Wildman–Crippen LogP) is 4.14. The van der Waals surface area contributed by atoms with Gasteiger partial charge in [-0.3, -0.25) is 4.90 Å². The normalized spacial score (nSPS) is 14.5. The van der Waals surface area contributed by atoms with Crippen molar-refractivity contribution < 1.29 is 4.74 Å². The van der Waals surface area contributed by atoms with Gasteiger partial charge in [0.15, 0.2) is 0 Å². The number of nitrogens with two attached hydrogens (primary N) is 1. The van der Waals surface area contributed by atoms with Crippen LogP contribution >= 0.6 is 0 Å². The molecule has 2 aromatic heterocycles. The van der Waals surface area contributed by atoms with Gasteiger partial charge in [0.05, 0.1) is 13.2 Å². The average molecular weight is 443 g/mol. The fraction of sp³-hybridized carbons (Fsp3) is 0.308. The van der Waals surface area contributed by atoms with Crippen LogP contribution in [0.15, 0.2) is 60.8 Å². The van der Waals surface area contributed by atoms with Gasteiger partial charge in [0, 0.05) is 48.2 Å². The van der Waals surface area contributed by atoms with Crippen LogP contribution in [-0.2, 0) is 17.6 Å². The van der Waals surface area contributed by atoms with Crippen LogP contribution in [-0.4, -0.2) is 52.7 Å². The molecular weight excluding hydrogens is 412 g/mol. The van der Waals surface area contributed by atoms with Crippen molar-refractivity contribution in [2.75, 3.05) is 43.9 Å². The van der Waals surface area contributed by atoms with Crippen LogP contribution in [0.4, 0.5) is 17.5 Å². The topological polar surface area (TPSA) is 92.1 Å². The summed E-state index contributed by atoms with van der Waals surface area (Å²) in [5.41, 5.74) is 11.7. The number of para-hydroxylation sites is 1. The number of H-pyrrole nitrogens is 1. The van der Waals surface area contributed by atoms with Gasteiger partial charge < -0.3 is 20.8 Å². The largest absolute Gasteiger partial charge is 0.383 e. The van der Waals surface area contributed by atoms with Crippen molar-refractivity contribution in [1.29, 1.82) is 0 Å². The zero-order valence-electron chi connectivity index (χ0n) is 18.8. The lowest BCUT2D eigenvalue weighted by Crippen LogP contribution is -2.36. The number of nitrogens with one attached hydrogen (secondary N) is 2. The molecule has 1 saturated heterocycles.